The maximum Gasteiger partial charge on any atom is 0.128 e. The number of rotatable bonds is 3. The molecule has 0 aliphatic carbocycles. The Morgan fingerprint density at radius 3 is 2.77 bits per heavy atom. The number of aromatic nitrogens is 3. The Morgan fingerprint density at radius 2 is 2.00 bits per heavy atom. The first-order valence-corrected chi connectivity index (χ1v) is 7.09. The molecule has 3 aromatic rings. The number of benzene rings is 2. The maximum atomic E-state index is 6.07. The van der Waals surface area contributed by atoms with Gasteiger partial charge in [-0.25, -0.2) is 4.68 Å². The highest BCUT2D eigenvalue weighted by Crippen LogP contribution is 2.31. The molecule has 0 unspecified atom stereocenters. The van der Waals surface area contributed by atoms with Crippen LogP contribution in [0.5, 0.6) is 5.75 Å². The van der Waals surface area contributed by atoms with Crippen LogP contribution in [-0.2, 0) is 0 Å². The highest BCUT2D eigenvalue weighted by atomic mass is 35.5. The lowest BCUT2D eigenvalue weighted by molar-refractivity contribution is 0.416. The molecule has 0 saturated heterocycles. The van der Waals surface area contributed by atoms with E-state index in [1.165, 1.54) is 0 Å². The van der Waals surface area contributed by atoms with Crippen LogP contribution in [0.15, 0.2) is 42.6 Å². The van der Waals surface area contributed by atoms with Gasteiger partial charge in [-0.1, -0.05) is 22.9 Å². The SMILES string of the molecule is COc1ccc(Cl)cc1-c1cn(-c2cc(N)ccc2C)nn1. The number of halogens is 1. The lowest BCUT2D eigenvalue weighted by Crippen LogP contribution is -1.99. The maximum absolute atomic E-state index is 6.07. The third kappa shape index (κ3) is 2.63. The van der Waals surface area contributed by atoms with Crippen LogP contribution in [-0.4, -0.2) is 22.1 Å². The van der Waals surface area contributed by atoms with E-state index in [1.807, 2.05) is 37.4 Å². The summed E-state index contributed by atoms with van der Waals surface area (Å²) in [6.07, 6.45) is 1.83. The molecule has 0 radical (unpaired) electrons. The van der Waals surface area contributed by atoms with Crippen LogP contribution < -0.4 is 10.5 Å². The molecule has 2 aromatic carbocycles. The summed E-state index contributed by atoms with van der Waals surface area (Å²) in [5.41, 5.74) is 9.95. The molecule has 1 aromatic heterocycles. The van der Waals surface area contributed by atoms with Crippen LogP contribution in [0.2, 0.25) is 5.02 Å². The zero-order valence-corrected chi connectivity index (χ0v) is 13.0. The van der Waals surface area contributed by atoms with E-state index in [2.05, 4.69) is 10.3 Å². The van der Waals surface area contributed by atoms with E-state index < -0.39 is 0 Å². The van der Waals surface area contributed by atoms with E-state index in [-0.39, 0.29) is 0 Å². The fourth-order valence-corrected chi connectivity index (χ4v) is 2.43. The second-order valence-corrected chi connectivity index (χ2v) is 5.38. The lowest BCUT2D eigenvalue weighted by atomic mass is 10.1. The number of ether oxygens (including phenoxy) is 1. The van der Waals surface area contributed by atoms with Crippen LogP contribution in [0.1, 0.15) is 5.56 Å². The summed E-state index contributed by atoms with van der Waals surface area (Å²) in [7, 11) is 1.61. The Balaban J connectivity index is 2.08. The van der Waals surface area contributed by atoms with Gasteiger partial charge in [0, 0.05) is 16.3 Å². The number of hydrogen-bond donors (Lipinski definition) is 1. The fraction of sp³-hybridized carbons (Fsp3) is 0.125. The van der Waals surface area contributed by atoms with E-state index in [0.29, 0.717) is 22.2 Å². The van der Waals surface area contributed by atoms with E-state index >= 15 is 0 Å². The second kappa shape index (κ2) is 5.69. The molecule has 0 saturated carbocycles. The summed E-state index contributed by atoms with van der Waals surface area (Å²) < 4.78 is 7.05. The predicted molar refractivity (Wildman–Crippen MR) is 87.5 cm³/mol. The van der Waals surface area contributed by atoms with E-state index in [4.69, 9.17) is 22.1 Å². The van der Waals surface area contributed by atoms with E-state index in [1.54, 1.807) is 23.9 Å². The van der Waals surface area contributed by atoms with Gasteiger partial charge < -0.3 is 10.5 Å². The van der Waals surface area contributed by atoms with Gasteiger partial charge >= 0.3 is 0 Å². The highest BCUT2D eigenvalue weighted by molar-refractivity contribution is 6.30. The molecule has 3 rings (SSSR count). The molecule has 0 spiro atoms. The van der Waals surface area contributed by atoms with Gasteiger partial charge in [0.25, 0.3) is 0 Å². The van der Waals surface area contributed by atoms with Crippen LogP contribution in [0, 0.1) is 6.92 Å². The Hall–Kier alpha value is -2.53. The minimum atomic E-state index is 0.616. The molecule has 2 N–H and O–H groups in total. The first kappa shape index (κ1) is 14.4. The molecule has 6 heteroatoms. The van der Waals surface area contributed by atoms with Crippen molar-refractivity contribution in [3.05, 3.63) is 53.2 Å². The third-order valence-electron chi connectivity index (χ3n) is 3.41. The third-order valence-corrected chi connectivity index (χ3v) is 3.65. The van der Waals surface area contributed by atoms with Gasteiger partial charge in [-0.05, 0) is 42.8 Å². The summed E-state index contributed by atoms with van der Waals surface area (Å²) in [5.74, 6) is 0.695. The Kier molecular flexibility index (Phi) is 3.73. The molecular weight excluding hydrogens is 300 g/mol. The van der Waals surface area contributed by atoms with Crippen molar-refractivity contribution < 1.29 is 4.74 Å². The topological polar surface area (TPSA) is 66.0 Å². The number of anilines is 1. The van der Waals surface area contributed by atoms with Crippen LogP contribution >= 0.6 is 11.6 Å². The molecular formula is C16H15ClN4O. The van der Waals surface area contributed by atoms with Gasteiger partial charge in [-0.3, -0.25) is 0 Å². The minimum absolute atomic E-state index is 0.616. The summed E-state index contributed by atoms with van der Waals surface area (Å²) in [6, 6.07) is 11.1. The van der Waals surface area contributed by atoms with Crippen molar-refractivity contribution in [2.75, 3.05) is 12.8 Å². The molecule has 5 nitrogen and oxygen atoms in total. The predicted octanol–water partition coefficient (Wildman–Crippen LogP) is 3.49. The van der Waals surface area contributed by atoms with Crippen molar-refractivity contribution in [2.45, 2.75) is 6.92 Å². The molecule has 0 atom stereocenters. The Bertz CT molecular complexity index is 829. The van der Waals surface area contributed by atoms with Crippen molar-refractivity contribution in [2.24, 2.45) is 0 Å². The van der Waals surface area contributed by atoms with Crippen LogP contribution in [0.3, 0.4) is 0 Å². The van der Waals surface area contributed by atoms with Gasteiger partial charge in [0.2, 0.25) is 0 Å². The summed E-state index contributed by atoms with van der Waals surface area (Å²) in [5, 5.41) is 9.02. The number of nitrogens with zero attached hydrogens (tertiary/aromatic N) is 3. The molecule has 112 valence electrons. The van der Waals surface area contributed by atoms with E-state index in [0.717, 1.165) is 16.8 Å². The summed E-state index contributed by atoms with van der Waals surface area (Å²) in [4.78, 5) is 0. The Labute approximate surface area is 133 Å². The summed E-state index contributed by atoms with van der Waals surface area (Å²) >= 11 is 6.07. The standard InChI is InChI=1S/C16H15ClN4O/c1-10-3-5-12(18)8-15(10)21-9-14(19-20-21)13-7-11(17)4-6-16(13)22-2/h3-9H,18H2,1-2H3. The average Bonchev–Trinajstić information content (AvgIpc) is 2.99. The first-order valence-electron chi connectivity index (χ1n) is 6.71. The normalized spacial score (nSPS) is 10.7. The average molecular weight is 315 g/mol. The number of hydrogen-bond acceptors (Lipinski definition) is 4. The van der Waals surface area contributed by atoms with Gasteiger partial charge in [0.05, 0.1) is 19.0 Å². The number of methoxy groups -OCH3 is 1. The quantitative estimate of drug-likeness (QED) is 0.752. The number of nitrogens with two attached hydrogens (primary N) is 1. The molecule has 0 bridgehead atoms. The van der Waals surface area contributed by atoms with Gasteiger partial charge in [-0.2, -0.15) is 0 Å². The second-order valence-electron chi connectivity index (χ2n) is 4.94. The number of nitrogen functional groups attached to an aromatic ring is 1. The van der Waals surface area contributed by atoms with Gasteiger partial charge in [-0.15, -0.1) is 5.10 Å². The zero-order valence-electron chi connectivity index (χ0n) is 12.2. The van der Waals surface area contributed by atoms with Crippen molar-refractivity contribution >= 4 is 17.3 Å². The molecule has 0 aliphatic rings. The van der Waals surface area contributed by atoms with Crippen LogP contribution in [0.4, 0.5) is 5.69 Å². The molecule has 0 aliphatic heterocycles. The van der Waals surface area contributed by atoms with Crippen molar-refractivity contribution in [3.8, 4) is 22.7 Å². The molecule has 0 fully saturated rings. The minimum Gasteiger partial charge on any atom is -0.496 e. The van der Waals surface area contributed by atoms with Crippen molar-refractivity contribution in [3.63, 3.8) is 0 Å². The van der Waals surface area contributed by atoms with Gasteiger partial charge in [0.1, 0.15) is 11.4 Å². The smallest absolute Gasteiger partial charge is 0.128 e. The lowest BCUT2D eigenvalue weighted by Gasteiger charge is -2.06. The monoisotopic (exact) mass is 314 g/mol. The van der Waals surface area contributed by atoms with Gasteiger partial charge in [0.15, 0.2) is 0 Å². The highest BCUT2D eigenvalue weighted by Gasteiger charge is 2.12. The van der Waals surface area contributed by atoms with E-state index in [9.17, 15) is 0 Å². The van der Waals surface area contributed by atoms with Crippen LogP contribution in [0.25, 0.3) is 16.9 Å². The number of aryl methyl sites for hydroxylation is 1. The summed E-state index contributed by atoms with van der Waals surface area (Å²) in [6.45, 7) is 2.00. The van der Waals surface area contributed by atoms with Crippen molar-refractivity contribution in [1.82, 2.24) is 15.0 Å². The largest absolute Gasteiger partial charge is 0.496 e. The molecule has 22 heavy (non-hydrogen) atoms. The van der Waals surface area contributed by atoms with Crippen molar-refractivity contribution in [1.29, 1.82) is 0 Å². The fourth-order valence-electron chi connectivity index (χ4n) is 2.26. The first-order chi connectivity index (χ1) is 10.6. The molecule has 0 amide bonds. The molecule has 1 heterocycles. The zero-order chi connectivity index (χ0) is 15.7. The Morgan fingerprint density at radius 1 is 1.18 bits per heavy atom.